The van der Waals surface area contributed by atoms with Crippen LogP contribution in [0.3, 0.4) is 0 Å². The normalized spacial score (nSPS) is 13.2. The molecule has 0 amide bonds. The Labute approximate surface area is 161 Å². The van der Waals surface area contributed by atoms with Gasteiger partial charge < -0.3 is 5.32 Å². The molecule has 2 heterocycles. The van der Waals surface area contributed by atoms with E-state index >= 15 is 0 Å². The molecular formula is C23H28N4. The van der Waals surface area contributed by atoms with Crippen molar-refractivity contribution in [3.05, 3.63) is 41.0 Å². The zero-order valence-corrected chi connectivity index (χ0v) is 16.2. The smallest absolute Gasteiger partial charge is 0.157 e. The molecule has 1 N–H and O–H groups in total. The molecule has 0 aliphatic heterocycles. The van der Waals surface area contributed by atoms with Crippen LogP contribution in [0.1, 0.15) is 68.6 Å². The average molecular weight is 361 g/mol. The van der Waals surface area contributed by atoms with Gasteiger partial charge in [0.05, 0.1) is 16.6 Å². The third-order valence-electron chi connectivity index (χ3n) is 5.75. The van der Waals surface area contributed by atoms with Gasteiger partial charge in [-0.15, -0.1) is 0 Å². The molecule has 0 spiro atoms. The van der Waals surface area contributed by atoms with Crippen LogP contribution in [0.4, 0.5) is 5.82 Å². The molecule has 0 fully saturated rings. The number of anilines is 1. The zero-order valence-electron chi connectivity index (χ0n) is 16.2. The minimum atomic E-state index is 0.767. The lowest BCUT2D eigenvalue weighted by atomic mass is 10.1. The number of imidazole rings is 1. The summed E-state index contributed by atoms with van der Waals surface area (Å²) in [6.45, 7) is 3.24. The third kappa shape index (κ3) is 3.27. The first-order valence-corrected chi connectivity index (χ1v) is 10.4. The zero-order chi connectivity index (χ0) is 18.6. The number of nitrogens with one attached hydrogen (secondary N) is 1. The highest BCUT2D eigenvalue weighted by Crippen LogP contribution is 2.36. The van der Waals surface area contributed by atoms with Crippen LogP contribution in [0.15, 0.2) is 24.3 Å². The van der Waals surface area contributed by atoms with Crippen molar-refractivity contribution in [1.82, 2.24) is 9.38 Å². The number of rotatable bonds is 8. The lowest BCUT2D eigenvalue weighted by Gasteiger charge is -2.16. The number of unbranched alkanes of at least 4 members (excludes halogenated alkanes) is 5. The molecule has 27 heavy (non-hydrogen) atoms. The number of para-hydroxylation sites is 2. The first kappa shape index (κ1) is 17.9. The van der Waals surface area contributed by atoms with E-state index in [1.165, 1.54) is 55.5 Å². The van der Waals surface area contributed by atoms with Gasteiger partial charge in [-0.3, -0.25) is 4.40 Å². The fourth-order valence-corrected chi connectivity index (χ4v) is 4.39. The Kier molecular flexibility index (Phi) is 5.29. The minimum absolute atomic E-state index is 0.767. The molecule has 4 rings (SSSR count). The second-order valence-corrected chi connectivity index (χ2v) is 7.60. The molecule has 1 aromatic carbocycles. The van der Waals surface area contributed by atoms with E-state index in [4.69, 9.17) is 4.98 Å². The Morgan fingerprint density at radius 3 is 2.70 bits per heavy atom. The third-order valence-corrected chi connectivity index (χ3v) is 5.75. The summed E-state index contributed by atoms with van der Waals surface area (Å²) in [5.74, 6) is 1.17. The first-order chi connectivity index (χ1) is 13.3. The maximum atomic E-state index is 9.81. The van der Waals surface area contributed by atoms with E-state index in [2.05, 4.69) is 28.8 Å². The monoisotopic (exact) mass is 360 g/mol. The molecule has 0 bridgehead atoms. The van der Waals surface area contributed by atoms with Crippen LogP contribution in [0.25, 0.3) is 16.7 Å². The first-order valence-electron chi connectivity index (χ1n) is 10.4. The predicted octanol–water partition coefficient (Wildman–Crippen LogP) is 5.62. The van der Waals surface area contributed by atoms with Gasteiger partial charge in [-0.05, 0) is 48.9 Å². The highest BCUT2D eigenvalue weighted by molar-refractivity contribution is 5.86. The van der Waals surface area contributed by atoms with Crippen molar-refractivity contribution in [3.63, 3.8) is 0 Å². The summed E-state index contributed by atoms with van der Waals surface area (Å²) in [5, 5.41) is 13.5. The number of nitriles is 1. The molecule has 1 aliphatic carbocycles. The maximum Gasteiger partial charge on any atom is 0.157 e. The van der Waals surface area contributed by atoms with Crippen molar-refractivity contribution < 1.29 is 0 Å². The highest BCUT2D eigenvalue weighted by Gasteiger charge is 2.25. The molecule has 0 saturated heterocycles. The second kappa shape index (κ2) is 8.00. The number of aromatic nitrogens is 2. The van der Waals surface area contributed by atoms with Crippen LogP contribution in [0, 0.1) is 11.3 Å². The lowest BCUT2D eigenvalue weighted by molar-refractivity contribution is 0.616. The van der Waals surface area contributed by atoms with Crippen LogP contribution < -0.4 is 5.32 Å². The molecule has 0 unspecified atom stereocenters. The molecule has 0 saturated carbocycles. The molecule has 4 nitrogen and oxygen atoms in total. The molecule has 0 atom stereocenters. The van der Waals surface area contributed by atoms with Gasteiger partial charge in [-0.25, -0.2) is 4.98 Å². The number of nitrogens with zero attached hydrogens (tertiary/aromatic N) is 3. The molecule has 0 radical (unpaired) electrons. The molecule has 140 valence electrons. The Hall–Kier alpha value is -2.54. The fourth-order valence-electron chi connectivity index (χ4n) is 4.39. The van der Waals surface area contributed by atoms with Crippen LogP contribution in [-0.4, -0.2) is 15.9 Å². The quantitative estimate of drug-likeness (QED) is 0.530. The largest absolute Gasteiger partial charge is 0.371 e. The van der Waals surface area contributed by atoms with Crippen LogP contribution in [0.5, 0.6) is 0 Å². The minimum Gasteiger partial charge on any atom is -0.371 e. The summed E-state index contributed by atoms with van der Waals surface area (Å²) in [7, 11) is 0. The summed E-state index contributed by atoms with van der Waals surface area (Å²) in [4.78, 5) is 4.80. The van der Waals surface area contributed by atoms with Crippen molar-refractivity contribution >= 4 is 22.5 Å². The van der Waals surface area contributed by atoms with E-state index in [9.17, 15) is 5.26 Å². The Morgan fingerprint density at radius 1 is 1.07 bits per heavy atom. The fraction of sp³-hybridized carbons (Fsp3) is 0.478. The average Bonchev–Trinajstić information content (AvgIpc) is 3.31. The number of benzene rings is 1. The summed E-state index contributed by atoms with van der Waals surface area (Å²) in [5.41, 5.74) is 6.16. The van der Waals surface area contributed by atoms with Crippen molar-refractivity contribution in [2.75, 3.05) is 11.9 Å². The molecular weight excluding hydrogens is 332 g/mol. The Balaban J connectivity index is 1.68. The van der Waals surface area contributed by atoms with E-state index in [0.29, 0.717) is 0 Å². The lowest BCUT2D eigenvalue weighted by Crippen LogP contribution is -2.11. The van der Waals surface area contributed by atoms with Crippen molar-refractivity contribution in [3.8, 4) is 6.07 Å². The van der Waals surface area contributed by atoms with Gasteiger partial charge >= 0.3 is 0 Å². The van der Waals surface area contributed by atoms with Crippen molar-refractivity contribution in [2.24, 2.45) is 0 Å². The van der Waals surface area contributed by atoms with Crippen molar-refractivity contribution in [1.29, 1.82) is 5.26 Å². The van der Waals surface area contributed by atoms with Gasteiger partial charge in [0, 0.05) is 6.54 Å². The Morgan fingerprint density at radius 2 is 1.85 bits per heavy atom. The number of fused-ring (bicyclic) bond motifs is 4. The van der Waals surface area contributed by atoms with Gasteiger partial charge in [-0.2, -0.15) is 5.26 Å². The van der Waals surface area contributed by atoms with Gasteiger partial charge in [0.1, 0.15) is 11.9 Å². The van der Waals surface area contributed by atoms with E-state index in [0.717, 1.165) is 48.1 Å². The topological polar surface area (TPSA) is 53.1 Å². The van der Waals surface area contributed by atoms with Crippen LogP contribution in [-0.2, 0) is 12.8 Å². The number of hydrogen-bond acceptors (Lipinski definition) is 3. The molecule has 3 aromatic rings. The van der Waals surface area contributed by atoms with Gasteiger partial charge in [0.2, 0.25) is 0 Å². The molecule has 2 aromatic heterocycles. The van der Waals surface area contributed by atoms with E-state index < -0.39 is 0 Å². The summed E-state index contributed by atoms with van der Waals surface area (Å²) in [6, 6.07) is 10.6. The maximum absolute atomic E-state index is 9.81. The van der Waals surface area contributed by atoms with Gasteiger partial charge in [-0.1, -0.05) is 51.2 Å². The summed E-state index contributed by atoms with van der Waals surface area (Å²) >= 11 is 0. The van der Waals surface area contributed by atoms with Crippen LogP contribution >= 0.6 is 0 Å². The SMILES string of the molecule is CCCCCCCCNc1c2c(c(C#N)c3nc4ccccc4n13)CCC2. The van der Waals surface area contributed by atoms with E-state index in [1.807, 2.05) is 18.2 Å². The molecule has 1 aliphatic rings. The second-order valence-electron chi connectivity index (χ2n) is 7.60. The molecule has 4 heteroatoms. The standard InChI is InChI=1S/C23H28N4/c1-2-3-4-5-6-9-15-25-22-18-12-10-11-17(18)19(16-24)23-26-20-13-7-8-14-21(20)27(22)23/h7-8,13-14,25H,2-6,9-12,15H2,1H3. The van der Waals surface area contributed by atoms with Gasteiger partial charge in [0.25, 0.3) is 0 Å². The van der Waals surface area contributed by atoms with Crippen molar-refractivity contribution in [2.45, 2.75) is 64.7 Å². The van der Waals surface area contributed by atoms with E-state index in [1.54, 1.807) is 0 Å². The van der Waals surface area contributed by atoms with Crippen LogP contribution in [0.2, 0.25) is 0 Å². The van der Waals surface area contributed by atoms with Gasteiger partial charge in [0.15, 0.2) is 5.65 Å². The number of pyridine rings is 1. The van der Waals surface area contributed by atoms with E-state index in [-0.39, 0.29) is 0 Å². The summed E-state index contributed by atoms with van der Waals surface area (Å²) < 4.78 is 2.19. The highest BCUT2D eigenvalue weighted by atomic mass is 15.1. The Bertz CT molecular complexity index is 993. The predicted molar refractivity (Wildman–Crippen MR) is 111 cm³/mol. The summed E-state index contributed by atoms with van der Waals surface area (Å²) in [6.07, 6.45) is 10.9. The number of hydrogen-bond donors (Lipinski definition) is 1.